The Bertz CT molecular complexity index is 519. The molecule has 0 bridgehead atoms. The van der Waals surface area contributed by atoms with Gasteiger partial charge in [-0.3, -0.25) is 19.4 Å². The highest BCUT2D eigenvalue weighted by Crippen LogP contribution is 2.26. The Labute approximate surface area is 124 Å². The normalized spacial score (nSPS) is 18.3. The van der Waals surface area contributed by atoms with Gasteiger partial charge in [0.2, 0.25) is 0 Å². The van der Waals surface area contributed by atoms with Crippen molar-refractivity contribution in [1.82, 2.24) is 9.80 Å². The second kappa shape index (κ2) is 5.95. The van der Waals surface area contributed by atoms with Crippen molar-refractivity contribution in [1.29, 1.82) is 0 Å². The number of nitrogens with zero attached hydrogens (tertiary/aromatic N) is 2. The first-order chi connectivity index (χ1) is 10.2. The summed E-state index contributed by atoms with van der Waals surface area (Å²) in [4.78, 5) is 28.1. The molecule has 21 heavy (non-hydrogen) atoms. The van der Waals surface area contributed by atoms with E-state index in [4.69, 9.17) is 5.11 Å². The molecule has 0 aromatic heterocycles. The number of aliphatic hydroxyl groups excluding tert-OH is 1. The van der Waals surface area contributed by atoms with Crippen LogP contribution in [0.5, 0.6) is 0 Å². The van der Waals surface area contributed by atoms with E-state index in [0.717, 1.165) is 12.8 Å². The fourth-order valence-corrected chi connectivity index (χ4v) is 3.03. The zero-order chi connectivity index (χ0) is 14.8. The van der Waals surface area contributed by atoms with Gasteiger partial charge in [-0.1, -0.05) is 18.6 Å². The van der Waals surface area contributed by atoms with Crippen LogP contribution in [0.2, 0.25) is 0 Å². The Balaban J connectivity index is 1.65. The fraction of sp³-hybridized carbons (Fsp3) is 0.500. The van der Waals surface area contributed by atoms with E-state index in [1.807, 2.05) is 0 Å². The lowest BCUT2D eigenvalue weighted by Crippen LogP contribution is -2.46. The maximum Gasteiger partial charge on any atom is 0.261 e. The van der Waals surface area contributed by atoms with Crippen molar-refractivity contribution in [3.63, 3.8) is 0 Å². The minimum atomic E-state index is -0.201. The molecule has 0 radical (unpaired) electrons. The molecule has 0 spiro atoms. The molecule has 1 aromatic carbocycles. The van der Waals surface area contributed by atoms with Crippen molar-refractivity contribution in [3.05, 3.63) is 35.4 Å². The highest BCUT2D eigenvalue weighted by atomic mass is 16.3. The van der Waals surface area contributed by atoms with E-state index in [1.165, 1.54) is 11.3 Å². The Kier molecular flexibility index (Phi) is 4.03. The van der Waals surface area contributed by atoms with Gasteiger partial charge in [0.15, 0.2) is 0 Å². The van der Waals surface area contributed by atoms with Crippen LogP contribution in [0.3, 0.4) is 0 Å². The molecule has 0 saturated heterocycles. The molecule has 0 atom stereocenters. The third-order valence-corrected chi connectivity index (χ3v) is 4.47. The first-order valence-electron chi connectivity index (χ1n) is 7.52. The zero-order valence-corrected chi connectivity index (χ0v) is 12.0. The van der Waals surface area contributed by atoms with E-state index in [2.05, 4.69) is 4.90 Å². The molecule has 1 fully saturated rings. The van der Waals surface area contributed by atoms with E-state index in [0.29, 0.717) is 36.8 Å². The van der Waals surface area contributed by atoms with Crippen LogP contribution in [0.25, 0.3) is 0 Å². The van der Waals surface area contributed by atoms with Gasteiger partial charge in [-0.25, -0.2) is 0 Å². The van der Waals surface area contributed by atoms with Gasteiger partial charge in [0.25, 0.3) is 11.8 Å². The fourth-order valence-electron chi connectivity index (χ4n) is 3.03. The van der Waals surface area contributed by atoms with Gasteiger partial charge in [-0.15, -0.1) is 0 Å². The van der Waals surface area contributed by atoms with E-state index in [9.17, 15) is 9.59 Å². The van der Waals surface area contributed by atoms with Crippen molar-refractivity contribution < 1.29 is 14.7 Å². The number of carbonyl (C=O) groups excluding carboxylic acids is 2. The van der Waals surface area contributed by atoms with Crippen molar-refractivity contribution in [2.75, 3.05) is 26.2 Å². The summed E-state index contributed by atoms with van der Waals surface area (Å²) >= 11 is 0. The smallest absolute Gasteiger partial charge is 0.261 e. The Morgan fingerprint density at radius 1 is 1.10 bits per heavy atom. The molecule has 2 amide bonds. The Morgan fingerprint density at radius 2 is 1.71 bits per heavy atom. The Hall–Kier alpha value is -1.72. The van der Waals surface area contributed by atoms with Gasteiger partial charge in [0.05, 0.1) is 17.7 Å². The van der Waals surface area contributed by atoms with Gasteiger partial charge in [0, 0.05) is 25.7 Å². The predicted molar refractivity (Wildman–Crippen MR) is 78.1 cm³/mol. The van der Waals surface area contributed by atoms with Crippen LogP contribution in [0.15, 0.2) is 24.3 Å². The minimum absolute atomic E-state index is 0.110. The number of rotatable bonds is 6. The number of hydrogen-bond acceptors (Lipinski definition) is 4. The largest absolute Gasteiger partial charge is 0.395 e. The monoisotopic (exact) mass is 288 g/mol. The molecule has 1 heterocycles. The number of hydrogen-bond donors (Lipinski definition) is 1. The van der Waals surface area contributed by atoms with Gasteiger partial charge in [-0.2, -0.15) is 0 Å². The maximum absolute atomic E-state index is 12.3. The van der Waals surface area contributed by atoms with Crippen LogP contribution in [0.4, 0.5) is 0 Å². The highest BCUT2D eigenvalue weighted by Gasteiger charge is 2.35. The van der Waals surface area contributed by atoms with Crippen LogP contribution in [0, 0.1) is 0 Å². The van der Waals surface area contributed by atoms with Crippen molar-refractivity contribution >= 4 is 11.8 Å². The molecule has 1 N–H and O–H groups in total. The molecule has 5 nitrogen and oxygen atoms in total. The van der Waals surface area contributed by atoms with Gasteiger partial charge >= 0.3 is 0 Å². The van der Waals surface area contributed by atoms with Gasteiger partial charge in [0.1, 0.15) is 0 Å². The molecule has 1 aromatic rings. The lowest BCUT2D eigenvalue weighted by molar-refractivity contribution is 0.0575. The van der Waals surface area contributed by atoms with E-state index >= 15 is 0 Å². The first kappa shape index (κ1) is 14.2. The molecule has 5 heteroatoms. The molecule has 2 aliphatic rings. The van der Waals surface area contributed by atoms with E-state index in [-0.39, 0.29) is 18.4 Å². The number of imide groups is 1. The van der Waals surface area contributed by atoms with E-state index in [1.54, 1.807) is 24.3 Å². The standard InChI is InChI=1S/C16H20N2O3/c19-11-10-17(12-4-3-5-12)8-9-18-15(20)13-6-1-2-7-14(13)16(18)21/h1-2,6-7,12,19H,3-5,8-11H2. The van der Waals surface area contributed by atoms with Crippen molar-refractivity contribution in [2.24, 2.45) is 0 Å². The highest BCUT2D eigenvalue weighted by molar-refractivity contribution is 6.21. The minimum Gasteiger partial charge on any atom is -0.395 e. The summed E-state index contributed by atoms with van der Waals surface area (Å²) in [6, 6.07) is 7.45. The molecule has 1 aliphatic carbocycles. The molecule has 112 valence electrons. The average molecular weight is 288 g/mol. The number of fused-ring (bicyclic) bond motifs is 1. The number of amides is 2. The van der Waals surface area contributed by atoms with Crippen LogP contribution in [-0.2, 0) is 0 Å². The van der Waals surface area contributed by atoms with Crippen LogP contribution in [0.1, 0.15) is 40.0 Å². The molecule has 1 saturated carbocycles. The summed E-state index contributed by atoms with van der Waals surface area (Å²) in [6.07, 6.45) is 3.50. The molecular weight excluding hydrogens is 268 g/mol. The summed E-state index contributed by atoms with van der Waals surface area (Å²) in [5, 5.41) is 9.15. The Morgan fingerprint density at radius 3 is 2.19 bits per heavy atom. The summed E-state index contributed by atoms with van der Waals surface area (Å²) in [6.45, 7) is 1.74. The topological polar surface area (TPSA) is 60.9 Å². The quantitative estimate of drug-likeness (QED) is 0.797. The lowest BCUT2D eigenvalue weighted by atomic mass is 9.91. The molecule has 0 unspecified atom stereocenters. The zero-order valence-electron chi connectivity index (χ0n) is 12.0. The second-order valence-electron chi connectivity index (χ2n) is 5.65. The second-order valence-corrected chi connectivity index (χ2v) is 5.65. The summed E-state index contributed by atoms with van der Waals surface area (Å²) in [5.74, 6) is -0.402. The number of benzene rings is 1. The molecular formula is C16H20N2O3. The van der Waals surface area contributed by atoms with Gasteiger partial charge < -0.3 is 5.11 Å². The van der Waals surface area contributed by atoms with Crippen molar-refractivity contribution in [3.8, 4) is 0 Å². The van der Waals surface area contributed by atoms with Gasteiger partial charge in [-0.05, 0) is 25.0 Å². The summed E-state index contributed by atoms with van der Waals surface area (Å²) in [7, 11) is 0. The number of carbonyl (C=O) groups is 2. The predicted octanol–water partition coefficient (Wildman–Crippen LogP) is 1.13. The average Bonchev–Trinajstić information content (AvgIpc) is 2.68. The van der Waals surface area contributed by atoms with Crippen LogP contribution >= 0.6 is 0 Å². The van der Waals surface area contributed by atoms with Crippen molar-refractivity contribution in [2.45, 2.75) is 25.3 Å². The SMILES string of the molecule is O=C1c2ccccc2C(=O)N1CCN(CCO)C1CCC1. The van der Waals surface area contributed by atoms with E-state index < -0.39 is 0 Å². The first-order valence-corrected chi connectivity index (χ1v) is 7.52. The number of aliphatic hydroxyl groups is 1. The lowest BCUT2D eigenvalue weighted by Gasteiger charge is -2.37. The molecule has 1 aliphatic heterocycles. The summed E-state index contributed by atoms with van der Waals surface area (Å²) in [5.41, 5.74) is 1.000. The van der Waals surface area contributed by atoms with Crippen LogP contribution < -0.4 is 0 Å². The molecule has 3 rings (SSSR count). The van der Waals surface area contributed by atoms with Crippen LogP contribution in [-0.4, -0.2) is 59.0 Å². The third-order valence-electron chi connectivity index (χ3n) is 4.47. The summed E-state index contributed by atoms with van der Waals surface area (Å²) < 4.78 is 0. The maximum atomic E-state index is 12.3. The third kappa shape index (κ3) is 2.59.